The van der Waals surface area contributed by atoms with Crippen molar-refractivity contribution in [2.45, 2.75) is 125 Å². The van der Waals surface area contributed by atoms with Crippen molar-refractivity contribution in [3.05, 3.63) is 12.2 Å². The van der Waals surface area contributed by atoms with Crippen molar-refractivity contribution in [2.24, 2.45) is 56.7 Å². The molecule has 44 heavy (non-hydrogen) atoms. The van der Waals surface area contributed by atoms with E-state index in [0.29, 0.717) is 29.6 Å². The van der Waals surface area contributed by atoms with Crippen LogP contribution in [0.25, 0.3) is 0 Å². The largest absolute Gasteiger partial charge is 0.462 e. The summed E-state index contributed by atoms with van der Waals surface area (Å²) in [5, 5.41) is 12.0. The van der Waals surface area contributed by atoms with Gasteiger partial charge in [-0.05, 0) is 117 Å². The van der Waals surface area contributed by atoms with E-state index in [1.807, 2.05) is 11.8 Å². The minimum absolute atomic E-state index is 0.00815. The molecule has 5 aliphatic carbocycles. The van der Waals surface area contributed by atoms with Crippen molar-refractivity contribution in [1.29, 1.82) is 0 Å². The van der Waals surface area contributed by atoms with Gasteiger partial charge in [0.15, 0.2) is 0 Å². The maximum atomic E-state index is 12.0. The van der Waals surface area contributed by atoms with Crippen LogP contribution in [0.1, 0.15) is 113 Å². The number of thioether (sulfide) groups is 1. The smallest absolute Gasteiger partial charge is 0.302 e. The zero-order valence-electron chi connectivity index (χ0n) is 29.0. The lowest BCUT2D eigenvalue weighted by molar-refractivity contribution is -0.253. The summed E-state index contributed by atoms with van der Waals surface area (Å²) in [6.45, 7) is 24.1. The number of carbonyl (C=O) groups is 1. The lowest BCUT2D eigenvalue weighted by Crippen LogP contribution is -2.67. The Morgan fingerprint density at radius 3 is 2.34 bits per heavy atom. The van der Waals surface area contributed by atoms with Gasteiger partial charge in [-0.3, -0.25) is 9.69 Å². The molecule has 1 saturated heterocycles. The average molecular weight is 624 g/mol. The third kappa shape index (κ3) is 4.89. The van der Waals surface area contributed by atoms with E-state index in [4.69, 9.17) is 4.74 Å². The SMILES string of the molecule is C=C(C)[C@@H]1CC[C@]2([C@H](O)C#CCN3CCSCC3)CC[C@]3(C)[C@H](CC[C@@H]4[C@@]5(C)CC[C@H](OC(C)=O)C(C)(C)[C@@H]5CC[C@]43C)[C@@H]12. The number of aliphatic hydroxyl groups excluding tert-OH is 1. The fourth-order valence-electron chi connectivity index (χ4n) is 13.2. The van der Waals surface area contributed by atoms with E-state index in [-0.39, 0.29) is 39.1 Å². The van der Waals surface area contributed by atoms with Gasteiger partial charge in [-0.2, -0.15) is 11.8 Å². The van der Waals surface area contributed by atoms with Crippen molar-refractivity contribution >= 4 is 17.7 Å². The maximum absolute atomic E-state index is 12.0. The van der Waals surface area contributed by atoms with Crippen LogP contribution in [0.15, 0.2) is 12.2 Å². The highest BCUT2D eigenvalue weighted by molar-refractivity contribution is 7.99. The highest BCUT2D eigenvalue weighted by atomic mass is 32.2. The molecule has 0 aromatic rings. The number of rotatable bonds is 4. The summed E-state index contributed by atoms with van der Waals surface area (Å²) in [7, 11) is 0. The molecule has 6 rings (SSSR count). The Hall–Kier alpha value is -0.960. The monoisotopic (exact) mass is 623 g/mol. The summed E-state index contributed by atoms with van der Waals surface area (Å²) in [6, 6.07) is 0. The van der Waals surface area contributed by atoms with Crippen molar-refractivity contribution in [1.82, 2.24) is 4.90 Å². The maximum Gasteiger partial charge on any atom is 0.302 e. The summed E-state index contributed by atoms with van der Waals surface area (Å²) in [4.78, 5) is 14.5. The third-order valence-corrected chi connectivity index (χ3v) is 16.5. The van der Waals surface area contributed by atoms with Crippen LogP contribution in [0.3, 0.4) is 0 Å². The molecule has 4 nitrogen and oxygen atoms in total. The molecule has 246 valence electrons. The van der Waals surface area contributed by atoms with Gasteiger partial charge in [0.25, 0.3) is 0 Å². The molecule has 5 heteroatoms. The molecule has 5 saturated carbocycles. The van der Waals surface area contributed by atoms with E-state index < -0.39 is 6.10 Å². The fourth-order valence-corrected chi connectivity index (χ4v) is 14.2. The van der Waals surface area contributed by atoms with E-state index in [0.717, 1.165) is 51.7 Å². The van der Waals surface area contributed by atoms with Crippen LogP contribution < -0.4 is 0 Å². The van der Waals surface area contributed by atoms with Gasteiger partial charge in [-0.25, -0.2) is 0 Å². The Kier molecular flexibility index (Phi) is 8.71. The van der Waals surface area contributed by atoms with Crippen LogP contribution in [-0.2, 0) is 9.53 Å². The number of ether oxygens (including phenoxy) is 1. The summed E-state index contributed by atoms with van der Waals surface area (Å²) < 4.78 is 5.96. The second-order valence-corrected chi connectivity index (χ2v) is 18.7. The van der Waals surface area contributed by atoms with Gasteiger partial charge < -0.3 is 9.84 Å². The van der Waals surface area contributed by atoms with Crippen LogP contribution in [0, 0.1) is 68.5 Å². The molecule has 1 N–H and O–H groups in total. The lowest BCUT2D eigenvalue weighted by Gasteiger charge is -2.73. The standard InChI is InChI=1S/C39H61NO3S/c1-26(2)28-13-18-39(32(42)10-9-21-40-22-24-44-25-23-40)20-19-37(7)29(34(28)39)11-12-31-36(6)16-15-33(43-27(3)41)35(4,5)30(36)14-17-38(31,37)8/h28-34,42H,1,11-25H2,2-8H3/t28-,29+,30-,31+,32+,33-,34+,36-,37+,38+,39+/m0/s1. The molecule has 6 aliphatic rings. The molecule has 0 bridgehead atoms. The number of allylic oxidation sites excluding steroid dienone is 1. The lowest BCUT2D eigenvalue weighted by atomic mass is 9.32. The van der Waals surface area contributed by atoms with Gasteiger partial charge >= 0.3 is 5.97 Å². The molecule has 0 spiro atoms. The molecule has 6 fully saturated rings. The van der Waals surface area contributed by atoms with Crippen LogP contribution in [0.5, 0.6) is 0 Å². The first-order valence-electron chi connectivity index (χ1n) is 18.0. The molecule has 11 atom stereocenters. The van der Waals surface area contributed by atoms with Gasteiger partial charge in [-0.15, -0.1) is 0 Å². The van der Waals surface area contributed by atoms with E-state index in [1.54, 1.807) is 6.92 Å². The Bertz CT molecular complexity index is 1200. The van der Waals surface area contributed by atoms with E-state index in [9.17, 15) is 9.90 Å². The highest BCUT2D eigenvalue weighted by Gasteiger charge is 2.71. The van der Waals surface area contributed by atoms with E-state index in [2.05, 4.69) is 64.9 Å². The van der Waals surface area contributed by atoms with E-state index >= 15 is 0 Å². The molecule has 0 radical (unpaired) electrons. The number of esters is 1. The third-order valence-electron chi connectivity index (χ3n) is 15.6. The van der Waals surface area contributed by atoms with E-state index in [1.165, 1.54) is 49.2 Å². The topological polar surface area (TPSA) is 49.8 Å². The molecule has 0 amide bonds. The van der Waals surface area contributed by atoms with Crippen molar-refractivity contribution in [3.8, 4) is 11.8 Å². The van der Waals surface area contributed by atoms with Gasteiger partial charge in [0.2, 0.25) is 0 Å². The highest BCUT2D eigenvalue weighted by Crippen LogP contribution is 2.78. The first-order valence-corrected chi connectivity index (χ1v) is 19.2. The van der Waals surface area contributed by atoms with Crippen LogP contribution >= 0.6 is 11.8 Å². The van der Waals surface area contributed by atoms with Crippen LogP contribution in [0.2, 0.25) is 0 Å². The first kappa shape index (κ1) is 33.0. The van der Waals surface area contributed by atoms with Crippen molar-refractivity contribution in [2.75, 3.05) is 31.1 Å². The van der Waals surface area contributed by atoms with Crippen LogP contribution in [0.4, 0.5) is 0 Å². The summed E-state index contributed by atoms with van der Waals surface area (Å²) in [5.74, 6) is 12.0. The minimum Gasteiger partial charge on any atom is -0.462 e. The molecular weight excluding hydrogens is 563 g/mol. The van der Waals surface area contributed by atoms with Crippen LogP contribution in [-0.4, -0.2) is 59.3 Å². The predicted molar refractivity (Wildman–Crippen MR) is 182 cm³/mol. The molecular formula is C39H61NO3S. The normalized spacial score (nSPS) is 47.1. The number of aliphatic hydroxyl groups is 1. The summed E-state index contributed by atoms with van der Waals surface area (Å²) in [6.07, 6.45) is 11.2. The summed E-state index contributed by atoms with van der Waals surface area (Å²) in [5.41, 5.74) is 1.98. The predicted octanol–water partition coefficient (Wildman–Crippen LogP) is 7.99. The quantitative estimate of drug-likeness (QED) is 0.195. The molecule has 1 heterocycles. The zero-order chi connectivity index (χ0) is 31.7. The van der Waals surface area contributed by atoms with Gasteiger partial charge in [0, 0.05) is 42.3 Å². The van der Waals surface area contributed by atoms with Crippen molar-refractivity contribution in [3.63, 3.8) is 0 Å². The fraction of sp³-hybridized carbons (Fsp3) is 0.872. The number of hydrogen-bond acceptors (Lipinski definition) is 5. The second kappa shape index (κ2) is 11.6. The molecule has 0 aromatic carbocycles. The van der Waals surface area contributed by atoms with Gasteiger partial charge in [0.05, 0.1) is 6.54 Å². The number of nitrogens with zero attached hydrogens (tertiary/aromatic N) is 1. The number of fused-ring (bicyclic) bond motifs is 7. The van der Waals surface area contributed by atoms with Gasteiger partial charge in [-0.1, -0.05) is 58.6 Å². The number of carbonyl (C=O) groups excluding carboxylic acids is 1. The molecule has 1 aliphatic heterocycles. The Morgan fingerprint density at radius 1 is 0.932 bits per heavy atom. The zero-order valence-corrected chi connectivity index (χ0v) is 29.8. The second-order valence-electron chi connectivity index (χ2n) is 17.5. The minimum atomic E-state index is -0.545. The van der Waals surface area contributed by atoms with Crippen molar-refractivity contribution < 1.29 is 14.6 Å². The summed E-state index contributed by atoms with van der Waals surface area (Å²) >= 11 is 2.04. The Labute approximate surface area is 273 Å². The van der Waals surface area contributed by atoms with Gasteiger partial charge in [0.1, 0.15) is 12.2 Å². The molecule has 0 unspecified atom stereocenters. The molecule has 0 aromatic heterocycles. The number of hydrogen-bond donors (Lipinski definition) is 1. The Morgan fingerprint density at radius 2 is 1.66 bits per heavy atom. The Balaban J connectivity index is 1.29. The average Bonchev–Trinajstić information content (AvgIpc) is 3.37. The first-order chi connectivity index (χ1) is 20.7.